The molecule has 1 unspecified atom stereocenters. The Bertz CT molecular complexity index is 504. The van der Waals surface area contributed by atoms with E-state index < -0.39 is 0 Å². The number of nitrogens with zero attached hydrogens (tertiary/aromatic N) is 1. The second-order valence-corrected chi connectivity index (χ2v) is 3.93. The number of hydrogen-bond donors (Lipinski definition) is 4. The zero-order valence-electron chi connectivity index (χ0n) is 9.97. The van der Waals surface area contributed by atoms with Crippen LogP contribution in [0.4, 0.5) is 16.4 Å². The Hall–Kier alpha value is -2.34. The topological polar surface area (TPSA) is 95.8 Å². The summed E-state index contributed by atoms with van der Waals surface area (Å²) in [6, 6.07) is 7.01. The van der Waals surface area contributed by atoms with E-state index in [1.807, 2.05) is 19.1 Å². The number of H-pyrrole nitrogens is 1. The molecule has 2 rings (SSSR count). The maximum atomic E-state index is 11.6. The van der Waals surface area contributed by atoms with Gasteiger partial charge in [-0.15, -0.1) is 0 Å². The molecule has 0 radical (unpaired) electrons. The first kappa shape index (κ1) is 12.1. The van der Waals surface area contributed by atoms with E-state index in [2.05, 4.69) is 20.6 Å². The number of imidazole rings is 1. The minimum absolute atomic E-state index is 0.0176. The number of carbonyl (C=O) groups is 1. The van der Waals surface area contributed by atoms with Crippen molar-refractivity contribution in [3.05, 3.63) is 42.2 Å². The lowest BCUT2D eigenvalue weighted by Crippen LogP contribution is -2.20. The largest absolute Gasteiger partial charge is 0.331 e. The van der Waals surface area contributed by atoms with Gasteiger partial charge in [0.2, 0.25) is 5.95 Å². The molecule has 2 amide bonds. The average Bonchev–Trinajstić information content (AvgIpc) is 2.82. The van der Waals surface area contributed by atoms with Crippen molar-refractivity contribution < 1.29 is 4.79 Å². The molecule has 0 saturated carbocycles. The molecule has 18 heavy (non-hydrogen) atoms. The van der Waals surface area contributed by atoms with Crippen molar-refractivity contribution in [3.8, 4) is 0 Å². The minimum atomic E-state index is -0.349. The molecule has 0 aliphatic carbocycles. The normalized spacial score (nSPS) is 11.9. The predicted octanol–water partition coefficient (Wildman–Crippen LogP) is 2.07. The highest BCUT2D eigenvalue weighted by Crippen LogP contribution is 2.14. The lowest BCUT2D eigenvalue weighted by atomic mass is 10.1. The maximum absolute atomic E-state index is 11.6. The standard InChI is InChI=1S/C12H15N5O/c1-8(13)9-2-4-10(5-3-9)16-12(18)17-11-14-6-7-15-11/h2-8H,13H2,1H3,(H3,14,15,16,17,18). The van der Waals surface area contributed by atoms with Gasteiger partial charge in [-0.05, 0) is 24.6 Å². The highest BCUT2D eigenvalue weighted by molar-refractivity contribution is 5.98. The second-order valence-electron chi connectivity index (χ2n) is 3.93. The van der Waals surface area contributed by atoms with Gasteiger partial charge in [-0.25, -0.2) is 9.78 Å². The first-order chi connectivity index (χ1) is 8.65. The molecule has 5 N–H and O–H groups in total. The van der Waals surface area contributed by atoms with Crippen LogP contribution in [0.25, 0.3) is 0 Å². The first-order valence-electron chi connectivity index (χ1n) is 5.58. The molecule has 1 aromatic heterocycles. The van der Waals surface area contributed by atoms with Gasteiger partial charge in [0.15, 0.2) is 0 Å². The number of anilines is 2. The summed E-state index contributed by atoms with van der Waals surface area (Å²) in [5.74, 6) is 0.403. The van der Waals surface area contributed by atoms with Crippen LogP contribution >= 0.6 is 0 Å². The zero-order chi connectivity index (χ0) is 13.0. The average molecular weight is 245 g/mol. The fraction of sp³-hybridized carbons (Fsp3) is 0.167. The van der Waals surface area contributed by atoms with E-state index in [1.54, 1.807) is 24.5 Å². The van der Waals surface area contributed by atoms with Crippen LogP contribution in [0.1, 0.15) is 18.5 Å². The molecule has 1 heterocycles. The van der Waals surface area contributed by atoms with Crippen LogP contribution in [0.15, 0.2) is 36.7 Å². The Balaban J connectivity index is 1.95. The molecule has 2 aromatic rings. The van der Waals surface area contributed by atoms with Crippen LogP contribution in [0.3, 0.4) is 0 Å². The fourth-order valence-corrected chi connectivity index (χ4v) is 1.47. The molecule has 1 atom stereocenters. The van der Waals surface area contributed by atoms with Crippen LogP contribution in [0, 0.1) is 0 Å². The first-order valence-corrected chi connectivity index (χ1v) is 5.58. The summed E-state index contributed by atoms with van der Waals surface area (Å²) < 4.78 is 0. The molecule has 0 saturated heterocycles. The summed E-state index contributed by atoms with van der Waals surface area (Å²) in [5.41, 5.74) is 7.46. The third-order valence-corrected chi connectivity index (χ3v) is 2.42. The van der Waals surface area contributed by atoms with Crippen molar-refractivity contribution in [2.75, 3.05) is 10.6 Å². The van der Waals surface area contributed by atoms with Gasteiger partial charge in [-0.3, -0.25) is 5.32 Å². The Labute approximate surface area is 105 Å². The summed E-state index contributed by atoms with van der Waals surface area (Å²) >= 11 is 0. The number of carbonyl (C=O) groups excluding carboxylic acids is 1. The predicted molar refractivity (Wildman–Crippen MR) is 70.3 cm³/mol. The highest BCUT2D eigenvalue weighted by atomic mass is 16.2. The summed E-state index contributed by atoms with van der Waals surface area (Å²) in [6.07, 6.45) is 3.19. The molecule has 0 bridgehead atoms. The Morgan fingerprint density at radius 3 is 2.61 bits per heavy atom. The van der Waals surface area contributed by atoms with Gasteiger partial charge in [0.05, 0.1) is 0 Å². The van der Waals surface area contributed by atoms with Gasteiger partial charge in [0.25, 0.3) is 0 Å². The maximum Gasteiger partial charge on any atom is 0.326 e. The van der Waals surface area contributed by atoms with Crippen molar-refractivity contribution in [1.82, 2.24) is 9.97 Å². The number of amides is 2. The smallest absolute Gasteiger partial charge is 0.326 e. The van der Waals surface area contributed by atoms with Crippen molar-refractivity contribution >= 4 is 17.7 Å². The molecular weight excluding hydrogens is 230 g/mol. The van der Waals surface area contributed by atoms with Crippen LogP contribution in [-0.4, -0.2) is 16.0 Å². The van der Waals surface area contributed by atoms with Gasteiger partial charge in [-0.1, -0.05) is 12.1 Å². The molecule has 6 heteroatoms. The van der Waals surface area contributed by atoms with Crippen molar-refractivity contribution in [1.29, 1.82) is 0 Å². The number of nitrogens with two attached hydrogens (primary N) is 1. The highest BCUT2D eigenvalue weighted by Gasteiger charge is 2.04. The van der Waals surface area contributed by atoms with Crippen LogP contribution in [0.2, 0.25) is 0 Å². The van der Waals surface area contributed by atoms with Crippen molar-refractivity contribution in [2.24, 2.45) is 5.73 Å². The summed E-state index contributed by atoms with van der Waals surface area (Å²) in [4.78, 5) is 18.3. The van der Waals surface area contributed by atoms with E-state index >= 15 is 0 Å². The third kappa shape index (κ3) is 3.08. The third-order valence-electron chi connectivity index (χ3n) is 2.42. The summed E-state index contributed by atoms with van der Waals surface area (Å²) in [6.45, 7) is 1.91. The molecule has 0 spiro atoms. The molecule has 1 aromatic carbocycles. The van der Waals surface area contributed by atoms with E-state index in [4.69, 9.17) is 5.73 Å². The van der Waals surface area contributed by atoms with Gasteiger partial charge < -0.3 is 16.0 Å². The quantitative estimate of drug-likeness (QED) is 0.666. The Morgan fingerprint density at radius 2 is 2.06 bits per heavy atom. The van der Waals surface area contributed by atoms with Crippen LogP contribution in [-0.2, 0) is 0 Å². The van der Waals surface area contributed by atoms with E-state index in [9.17, 15) is 4.79 Å². The van der Waals surface area contributed by atoms with Crippen molar-refractivity contribution in [2.45, 2.75) is 13.0 Å². The fourth-order valence-electron chi connectivity index (χ4n) is 1.47. The minimum Gasteiger partial charge on any atom is -0.331 e. The number of aromatic amines is 1. The molecule has 94 valence electrons. The molecule has 6 nitrogen and oxygen atoms in total. The number of urea groups is 1. The SMILES string of the molecule is CC(N)c1ccc(NC(=O)Nc2ncc[nH]2)cc1. The number of benzene rings is 1. The Morgan fingerprint density at radius 1 is 1.33 bits per heavy atom. The van der Waals surface area contributed by atoms with Crippen LogP contribution < -0.4 is 16.4 Å². The molecule has 0 aliphatic rings. The van der Waals surface area contributed by atoms with E-state index in [0.29, 0.717) is 11.6 Å². The van der Waals surface area contributed by atoms with Crippen LogP contribution in [0.5, 0.6) is 0 Å². The number of nitrogens with one attached hydrogen (secondary N) is 3. The second kappa shape index (κ2) is 5.33. The summed E-state index contributed by atoms with van der Waals surface area (Å²) in [7, 11) is 0. The van der Waals surface area contributed by atoms with E-state index in [1.165, 1.54) is 0 Å². The number of hydrogen-bond acceptors (Lipinski definition) is 3. The van der Waals surface area contributed by atoms with Gasteiger partial charge in [-0.2, -0.15) is 0 Å². The van der Waals surface area contributed by atoms with Gasteiger partial charge in [0, 0.05) is 24.1 Å². The van der Waals surface area contributed by atoms with Gasteiger partial charge >= 0.3 is 6.03 Å². The summed E-state index contributed by atoms with van der Waals surface area (Å²) in [5, 5.41) is 5.26. The number of rotatable bonds is 3. The lowest BCUT2D eigenvalue weighted by molar-refractivity contribution is 0.262. The number of aromatic nitrogens is 2. The van der Waals surface area contributed by atoms with Crippen molar-refractivity contribution in [3.63, 3.8) is 0 Å². The molecule has 0 fully saturated rings. The zero-order valence-corrected chi connectivity index (χ0v) is 9.97. The molecular formula is C12H15N5O. The molecule has 0 aliphatic heterocycles. The Kier molecular flexibility index (Phi) is 3.59. The lowest BCUT2D eigenvalue weighted by Gasteiger charge is -2.08. The monoisotopic (exact) mass is 245 g/mol. The van der Waals surface area contributed by atoms with Gasteiger partial charge in [0.1, 0.15) is 0 Å². The van der Waals surface area contributed by atoms with E-state index in [-0.39, 0.29) is 12.1 Å². The van der Waals surface area contributed by atoms with E-state index in [0.717, 1.165) is 5.56 Å².